The van der Waals surface area contributed by atoms with Gasteiger partial charge in [-0.1, -0.05) is 37.0 Å². The third-order valence-corrected chi connectivity index (χ3v) is 7.07. The molecule has 27 heavy (non-hydrogen) atoms. The molecule has 0 atom stereocenters. The number of anilines is 1. The molecule has 0 aliphatic rings. The largest absolute Gasteiger partial charge is 0.416 e. The van der Waals surface area contributed by atoms with Gasteiger partial charge in [-0.3, -0.25) is 10.1 Å². The zero-order chi connectivity index (χ0) is 20.6. The molecule has 0 spiro atoms. The van der Waals surface area contributed by atoms with E-state index >= 15 is 0 Å². The number of nitro groups is 1. The maximum atomic E-state index is 12.9. The molecular weight excluding hydrogens is 431 g/mol. The standard InChI is InChI=1S/C14H14Cl2F3N4O3P/c1-3-27(26,4-2)21-13-11(23(24)25)7-20-22(13)12-9(15)5-8(6-10(12)16)14(17,18)19/h5-7H,3-4H2,1-2H3,(H,21,26). The van der Waals surface area contributed by atoms with Crippen molar-refractivity contribution < 1.29 is 22.7 Å². The van der Waals surface area contributed by atoms with E-state index in [1.54, 1.807) is 13.8 Å². The van der Waals surface area contributed by atoms with Crippen LogP contribution in [0.2, 0.25) is 10.0 Å². The van der Waals surface area contributed by atoms with Crippen molar-refractivity contribution in [1.29, 1.82) is 0 Å². The maximum absolute atomic E-state index is 12.9. The number of rotatable bonds is 6. The Morgan fingerprint density at radius 2 is 1.78 bits per heavy atom. The fourth-order valence-electron chi connectivity index (χ4n) is 2.25. The van der Waals surface area contributed by atoms with Gasteiger partial charge < -0.3 is 9.65 Å². The molecule has 1 aromatic carbocycles. The predicted octanol–water partition coefficient (Wildman–Crippen LogP) is 5.84. The first-order chi connectivity index (χ1) is 12.4. The lowest BCUT2D eigenvalue weighted by atomic mass is 10.2. The summed E-state index contributed by atoms with van der Waals surface area (Å²) in [6.07, 6.45) is -3.41. The Balaban J connectivity index is 2.70. The summed E-state index contributed by atoms with van der Waals surface area (Å²) in [6.45, 7) is 3.28. The molecule has 1 N–H and O–H groups in total. The zero-order valence-corrected chi connectivity index (χ0v) is 16.5. The summed E-state index contributed by atoms with van der Waals surface area (Å²) < 4.78 is 52.4. The average molecular weight is 445 g/mol. The molecular formula is C14H14Cl2F3N4O3P. The SMILES string of the molecule is CCP(=O)(CC)Nc1c([N+](=O)[O-])cnn1-c1c(Cl)cc(C(F)(F)F)cc1Cl. The van der Waals surface area contributed by atoms with Gasteiger partial charge in [0.25, 0.3) is 0 Å². The molecule has 0 aliphatic heterocycles. The van der Waals surface area contributed by atoms with Gasteiger partial charge in [-0.15, -0.1) is 0 Å². The first kappa shape index (κ1) is 21.5. The number of benzene rings is 1. The second-order valence-corrected chi connectivity index (χ2v) is 9.55. The minimum absolute atomic E-state index is 0.194. The number of halogens is 5. The molecule has 0 fully saturated rings. The van der Waals surface area contributed by atoms with Crippen molar-refractivity contribution in [3.8, 4) is 5.69 Å². The van der Waals surface area contributed by atoms with Crippen molar-refractivity contribution in [2.24, 2.45) is 0 Å². The second-order valence-electron chi connectivity index (χ2n) is 5.47. The Morgan fingerprint density at radius 1 is 1.26 bits per heavy atom. The van der Waals surface area contributed by atoms with Crippen molar-refractivity contribution >= 4 is 42.0 Å². The van der Waals surface area contributed by atoms with Crippen molar-refractivity contribution in [2.75, 3.05) is 17.4 Å². The maximum Gasteiger partial charge on any atom is 0.416 e. The summed E-state index contributed by atoms with van der Waals surface area (Å²) in [7, 11) is -3.03. The Morgan fingerprint density at radius 3 is 2.19 bits per heavy atom. The van der Waals surface area contributed by atoms with Crippen LogP contribution in [0.15, 0.2) is 18.3 Å². The first-order valence-corrected chi connectivity index (χ1v) is 10.4. The van der Waals surface area contributed by atoms with E-state index in [0.29, 0.717) is 12.1 Å². The normalized spacial score (nSPS) is 12.3. The lowest BCUT2D eigenvalue weighted by molar-refractivity contribution is -0.383. The van der Waals surface area contributed by atoms with E-state index in [0.717, 1.165) is 10.9 Å². The summed E-state index contributed by atoms with van der Waals surface area (Å²) in [6, 6.07) is 1.28. The first-order valence-electron chi connectivity index (χ1n) is 7.59. The number of alkyl halides is 3. The topological polar surface area (TPSA) is 90.1 Å². The fraction of sp³-hybridized carbons (Fsp3) is 0.357. The highest BCUT2D eigenvalue weighted by Gasteiger charge is 2.34. The Labute approximate surface area is 162 Å². The van der Waals surface area contributed by atoms with Crippen LogP contribution in [0.25, 0.3) is 5.69 Å². The van der Waals surface area contributed by atoms with Crippen LogP contribution in [0.5, 0.6) is 0 Å². The van der Waals surface area contributed by atoms with Crippen molar-refractivity contribution in [3.05, 3.63) is 44.1 Å². The summed E-state index contributed by atoms with van der Waals surface area (Å²) >= 11 is 11.9. The molecule has 0 amide bonds. The minimum atomic E-state index is -4.68. The van der Waals surface area contributed by atoms with Crippen LogP contribution in [0.4, 0.5) is 24.7 Å². The smallest absolute Gasteiger partial charge is 0.315 e. The second kappa shape index (κ2) is 7.69. The van der Waals surface area contributed by atoms with Crippen LogP contribution >= 0.6 is 30.5 Å². The van der Waals surface area contributed by atoms with Crippen LogP contribution < -0.4 is 5.09 Å². The summed E-state index contributed by atoms with van der Waals surface area (Å²) in [5, 5.41) is 16.9. The van der Waals surface area contributed by atoms with Gasteiger partial charge in [-0.2, -0.15) is 18.3 Å². The Bertz CT molecular complexity index is 902. The molecule has 0 bridgehead atoms. The van der Waals surface area contributed by atoms with Crippen LogP contribution in [0, 0.1) is 10.1 Å². The number of nitrogens with one attached hydrogen (secondary N) is 1. The fourth-order valence-corrected chi connectivity index (χ4v) is 4.26. The summed E-state index contributed by atoms with van der Waals surface area (Å²) in [5.74, 6) is -0.268. The predicted molar refractivity (Wildman–Crippen MR) is 97.6 cm³/mol. The third-order valence-electron chi connectivity index (χ3n) is 3.83. The third kappa shape index (κ3) is 4.39. The van der Waals surface area contributed by atoms with Gasteiger partial charge in [0, 0.05) is 12.3 Å². The van der Waals surface area contributed by atoms with Gasteiger partial charge in [-0.05, 0) is 12.1 Å². The van der Waals surface area contributed by atoms with Gasteiger partial charge in [0.2, 0.25) is 5.82 Å². The van der Waals surface area contributed by atoms with E-state index in [2.05, 4.69) is 10.2 Å². The molecule has 0 radical (unpaired) electrons. The van der Waals surface area contributed by atoms with Crippen molar-refractivity contribution in [3.63, 3.8) is 0 Å². The lowest BCUT2D eigenvalue weighted by Crippen LogP contribution is -2.11. The van der Waals surface area contributed by atoms with E-state index in [1.807, 2.05) is 0 Å². The highest BCUT2D eigenvalue weighted by atomic mass is 35.5. The van der Waals surface area contributed by atoms with Crippen molar-refractivity contribution in [2.45, 2.75) is 20.0 Å². The number of nitrogens with zero attached hydrogens (tertiary/aromatic N) is 3. The molecule has 7 nitrogen and oxygen atoms in total. The van der Waals surface area contributed by atoms with Gasteiger partial charge >= 0.3 is 11.9 Å². The van der Waals surface area contributed by atoms with Gasteiger partial charge in [0.05, 0.1) is 20.5 Å². The Hall–Kier alpha value is -1.77. The molecule has 1 aromatic heterocycles. The summed E-state index contributed by atoms with van der Waals surface area (Å²) in [5.41, 5.74) is -1.78. The number of hydrogen-bond acceptors (Lipinski definition) is 4. The molecule has 13 heteroatoms. The van der Waals surface area contributed by atoms with Gasteiger partial charge in [-0.25, -0.2) is 4.68 Å². The van der Waals surface area contributed by atoms with Gasteiger partial charge in [0.15, 0.2) is 7.29 Å². The van der Waals surface area contributed by atoms with E-state index in [-0.39, 0.29) is 23.8 Å². The zero-order valence-electron chi connectivity index (χ0n) is 14.0. The lowest BCUT2D eigenvalue weighted by Gasteiger charge is -2.19. The monoisotopic (exact) mass is 444 g/mol. The van der Waals surface area contributed by atoms with E-state index in [4.69, 9.17) is 23.2 Å². The molecule has 2 aromatic rings. The Kier molecular flexibility index (Phi) is 6.13. The molecule has 0 saturated heterocycles. The van der Waals surface area contributed by atoms with E-state index in [1.165, 1.54) is 0 Å². The molecule has 148 valence electrons. The van der Waals surface area contributed by atoms with Crippen LogP contribution in [0.1, 0.15) is 19.4 Å². The summed E-state index contributed by atoms with van der Waals surface area (Å²) in [4.78, 5) is 10.5. The van der Waals surface area contributed by atoms with E-state index in [9.17, 15) is 27.9 Å². The van der Waals surface area contributed by atoms with E-state index < -0.39 is 39.7 Å². The minimum Gasteiger partial charge on any atom is -0.315 e. The van der Waals surface area contributed by atoms with Crippen LogP contribution in [-0.2, 0) is 10.7 Å². The van der Waals surface area contributed by atoms with Gasteiger partial charge in [0.1, 0.15) is 11.9 Å². The molecule has 0 unspecified atom stereocenters. The highest BCUT2D eigenvalue weighted by molar-refractivity contribution is 7.65. The van der Waals surface area contributed by atoms with Crippen LogP contribution in [0.3, 0.4) is 0 Å². The quantitative estimate of drug-likeness (QED) is 0.343. The molecule has 2 rings (SSSR count). The van der Waals surface area contributed by atoms with Crippen LogP contribution in [-0.4, -0.2) is 27.0 Å². The highest BCUT2D eigenvalue weighted by Crippen LogP contribution is 2.48. The van der Waals surface area contributed by atoms with Crippen molar-refractivity contribution in [1.82, 2.24) is 9.78 Å². The average Bonchev–Trinajstić information content (AvgIpc) is 2.96. The molecule has 0 aliphatic carbocycles. The molecule has 1 heterocycles. The number of hydrogen-bond donors (Lipinski definition) is 1. The molecule has 0 saturated carbocycles. The number of aromatic nitrogens is 2.